The fourth-order valence-electron chi connectivity index (χ4n) is 1.27. The van der Waals surface area contributed by atoms with Crippen molar-refractivity contribution >= 4 is 5.91 Å². The van der Waals surface area contributed by atoms with E-state index in [1.165, 1.54) is 0 Å². The van der Waals surface area contributed by atoms with Crippen molar-refractivity contribution in [2.75, 3.05) is 26.3 Å². The first kappa shape index (κ1) is 16.4. The second-order valence-electron chi connectivity index (χ2n) is 5.02. The number of carbonyl (C=O) groups excluding carboxylic acids is 1. The van der Waals surface area contributed by atoms with Crippen molar-refractivity contribution in [2.45, 2.75) is 40.0 Å². The van der Waals surface area contributed by atoms with Crippen LogP contribution in [0.4, 0.5) is 0 Å². The fourth-order valence-corrected chi connectivity index (χ4v) is 1.27. The molecule has 17 heavy (non-hydrogen) atoms. The summed E-state index contributed by atoms with van der Waals surface area (Å²) < 4.78 is 5.41. The van der Waals surface area contributed by atoms with Gasteiger partial charge in [0.2, 0.25) is 5.91 Å². The molecule has 0 bridgehead atoms. The van der Waals surface area contributed by atoms with Gasteiger partial charge in [-0.25, -0.2) is 0 Å². The molecule has 0 aromatic carbocycles. The summed E-state index contributed by atoms with van der Waals surface area (Å²) >= 11 is 0. The van der Waals surface area contributed by atoms with Crippen molar-refractivity contribution in [3.05, 3.63) is 0 Å². The Bertz CT molecular complexity index is 196. The number of amides is 1. The molecule has 0 aliphatic carbocycles. The molecule has 0 aromatic rings. The van der Waals surface area contributed by atoms with E-state index in [9.17, 15) is 4.79 Å². The third-order valence-corrected chi connectivity index (χ3v) is 2.67. The zero-order valence-electron chi connectivity index (χ0n) is 11.5. The van der Waals surface area contributed by atoms with Gasteiger partial charge in [0.1, 0.15) is 0 Å². The monoisotopic (exact) mass is 244 g/mol. The highest BCUT2D eigenvalue weighted by molar-refractivity contribution is 5.75. The highest BCUT2D eigenvalue weighted by atomic mass is 16.5. The Morgan fingerprint density at radius 2 is 1.94 bits per heavy atom. The predicted molar refractivity (Wildman–Crippen MR) is 70.7 cm³/mol. The van der Waals surface area contributed by atoms with Crippen LogP contribution in [0.15, 0.2) is 0 Å². The number of rotatable bonds is 10. The normalized spacial score (nSPS) is 12.8. The molecule has 0 aliphatic rings. The van der Waals surface area contributed by atoms with E-state index in [4.69, 9.17) is 10.5 Å². The quantitative estimate of drug-likeness (QED) is 0.573. The van der Waals surface area contributed by atoms with E-state index in [0.717, 1.165) is 19.4 Å². The molecule has 4 heteroatoms. The maximum Gasteiger partial charge on any atom is 0.220 e. The summed E-state index contributed by atoms with van der Waals surface area (Å²) in [6.45, 7) is 9.03. The lowest BCUT2D eigenvalue weighted by atomic mass is 10.1. The van der Waals surface area contributed by atoms with Crippen LogP contribution < -0.4 is 11.1 Å². The van der Waals surface area contributed by atoms with Crippen LogP contribution in [0.3, 0.4) is 0 Å². The van der Waals surface area contributed by atoms with Crippen LogP contribution in [-0.2, 0) is 9.53 Å². The molecule has 1 atom stereocenters. The Hall–Kier alpha value is -0.610. The number of nitrogens with one attached hydrogen (secondary N) is 1. The standard InChI is InChI=1S/C13H28N2O2/c1-11(2)6-8-17-9-7-15-13(16)5-4-12(3)10-14/h11-12H,4-10,14H2,1-3H3,(H,15,16). The lowest BCUT2D eigenvalue weighted by Crippen LogP contribution is -2.28. The molecule has 0 radical (unpaired) electrons. The molecule has 3 N–H and O–H groups in total. The highest BCUT2D eigenvalue weighted by Gasteiger charge is 2.04. The van der Waals surface area contributed by atoms with Crippen LogP contribution in [0.5, 0.6) is 0 Å². The minimum atomic E-state index is 0.0951. The summed E-state index contributed by atoms with van der Waals surface area (Å²) in [6.07, 6.45) is 2.49. The zero-order chi connectivity index (χ0) is 13.1. The average Bonchev–Trinajstić information content (AvgIpc) is 2.30. The smallest absolute Gasteiger partial charge is 0.220 e. The van der Waals surface area contributed by atoms with Gasteiger partial charge in [0, 0.05) is 19.6 Å². The lowest BCUT2D eigenvalue weighted by Gasteiger charge is -2.09. The van der Waals surface area contributed by atoms with Crippen LogP contribution in [0.25, 0.3) is 0 Å². The summed E-state index contributed by atoms with van der Waals surface area (Å²) in [4.78, 5) is 11.4. The minimum Gasteiger partial charge on any atom is -0.380 e. The van der Waals surface area contributed by atoms with E-state index in [2.05, 4.69) is 26.1 Å². The summed E-state index contributed by atoms with van der Waals surface area (Å²) in [5, 5.41) is 2.85. The first-order valence-corrected chi connectivity index (χ1v) is 6.60. The van der Waals surface area contributed by atoms with E-state index >= 15 is 0 Å². The lowest BCUT2D eigenvalue weighted by molar-refractivity contribution is -0.121. The largest absolute Gasteiger partial charge is 0.380 e. The summed E-state index contributed by atoms with van der Waals surface area (Å²) in [6, 6.07) is 0. The molecule has 0 spiro atoms. The number of hydrogen-bond acceptors (Lipinski definition) is 3. The summed E-state index contributed by atoms with van der Waals surface area (Å²) in [7, 11) is 0. The van der Waals surface area contributed by atoms with E-state index in [0.29, 0.717) is 38.0 Å². The number of hydrogen-bond donors (Lipinski definition) is 2. The molecule has 0 fully saturated rings. The van der Waals surface area contributed by atoms with Crippen molar-refractivity contribution < 1.29 is 9.53 Å². The molecular weight excluding hydrogens is 216 g/mol. The molecule has 0 heterocycles. The van der Waals surface area contributed by atoms with Crippen molar-refractivity contribution in [3.63, 3.8) is 0 Å². The van der Waals surface area contributed by atoms with Gasteiger partial charge >= 0.3 is 0 Å². The van der Waals surface area contributed by atoms with Gasteiger partial charge in [-0.05, 0) is 31.2 Å². The highest BCUT2D eigenvalue weighted by Crippen LogP contribution is 2.02. The van der Waals surface area contributed by atoms with Gasteiger partial charge < -0.3 is 15.8 Å². The van der Waals surface area contributed by atoms with Gasteiger partial charge in [0.25, 0.3) is 0 Å². The third kappa shape index (κ3) is 11.6. The Morgan fingerprint density at radius 3 is 2.53 bits per heavy atom. The summed E-state index contributed by atoms with van der Waals surface area (Å²) in [5.74, 6) is 1.18. The molecule has 1 unspecified atom stereocenters. The Morgan fingerprint density at radius 1 is 1.24 bits per heavy atom. The van der Waals surface area contributed by atoms with E-state index in [1.807, 2.05) is 0 Å². The first-order valence-electron chi connectivity index (χ1n) is 6.60. The van der Waals surface area contributed by atoms with Gasteiger partial charge in [0.05, 0.1) is 6.61 Å². The topological polar surface area (TPSA) is 64.3 Å². The third-order valence-electron chi connectivity index (χ3n) is 2.67. The van der Waals surface area contributed by atoms with E-state index in [-0.39, 0.29) is 5.91 Å². The Labute approximate surface area is 105 Å². The molecule has 0 aromatic heterocycles. The van der Waals surface area contributed by atoms with Crippen LogP contribution >= 0.6 is 0 Å². The fraction of sp³-hybridized carbons (Fsp3) is 0.923. The maximum absolute atomic E-state index is 11.4. The van der Waals surface area contributed by atoms with Crippen molar-refractivity contribution in [3.8, 4) is 0 Å². The molecule has 102 valence electrons. The predicted octanol–water partition coefficient (Wildman–Crippen LogP) is 1.54. The van der Waals surface area contributed by atoms with Crippen molar-refractivity contribution in [1.29, 1.82) is 0 Å². The van der Waals surface area contributed by atoms with Crippen LogP contribution in [0, 0.1) is 11.8 Å². The second-order valence-corrected chi connectivity index (χ2v) is 5.02. The first-order chi connectivity index (χ1) is 8.06. The molecule has 4 nitrogen and oxygen atoms in total. The molecular formula is C13H28N2O2. The Balaban J connectivity index is 3.28. The number of carbonyl (C=O) groups is 1. The van der Waals surface area contributed by atoms with Crippen LogP contribution in [0.2, 0.25) is 0 Å². The Kier molecular flexibility index (Phi) is 10.2. The number of ether oxygens (including phenoxy) is 1. The number of nitrogens with two attached hydrogens (primary N) is 1. The molecule has 0 saturated heterocycles. The van der Waals surface area contributed by atoms with Crippen molar-refractivity contribution in [2.24, 2.45) is 17.6 Å². The van der Waals surface area contributed by atoms with E-state index in [1.54, 1.807) is 0 Å². The van der Waals surface area contributed by atoms with Crippen LogP contribution in [-0.4, -0.2) is 32.2 Å². The summed E-state index contributed by atoms with van der Waals surface area (Å²) in [5.41, 5.74) is 5.49. The van der Waals surface area contributed by atoms with Gasteiger partial charge in [-0.15, -0.1) is 0 Å². The van der Waals surface area contributed by atoms with Gasteiger partial charge in [-0.2, -0.15) is 0 Å². The second kappa shape index (κ2) is 10.5. The molecule has 1 amide bonds. The zero-order valence-corrected chi connectivity index (χ0v) is 11.5. The molecule has 0 rings (SSSR count). The SMILES string of the molecule is CC(C)CCOCCNC(=O)CCC(C)CN. The van der Waals surface area contributed by atoms with Gasteiger partial charge in [-0.3, -0.25) is 4.79 Å². The van der Waals surface area contributed by atoms with Crippen molar-refractivity contribution in [1.82, 2.24) is 5.32 Å². The molecule has 0 saturated carbocycles. The van der Waals surface area contributed by atoms with Gasteiger partial charge in [0.15, 0.2) is 0 Å². The minimum absolute atomic E-state index is 0.0951. The molecule has 0 aliphatic heterocycles. The van der Waals surface area contributed by atoms with Crippen LogP contribution in [0.1, 0.15) is 40.0 Å². The van der Waals surface area contributed by atoms with Gasteiger partial charge in [-0.1, -0.05) is 20.8 Å². The maximum atomic E-state index is 11.4. The average molecular weight is 244 g/mol. The van der Waals surface area contributed by atoms with E-state index < -0.39 is 0 Å².